The molecule has 2 rings (SSSR count). The minimum atomic E-state index is -0.147. The van der Waals surface area contributed by atoms with E-state index in [9.17, 15) is 4.79 Å². The first-order valence-electron chi connectivity index (χ1n) is 6.56. The van der Waals surface area contributed by atoms with E-state index in [0.717, 1.165) is 31.4 Å². The van der Waals surface area contributed by atoms with E-state index < -0.39 is 0 Å². The van der Waals surface area contributed by atoms with Crippen molar-refractivity contribution in [1.29, 1.82) is 0 Å². The molecule has 94 valence electrons. The molecule has 0 unspecified atom stereocenters. The van der Waals surface area contributed by atoms with Gasteiger partial charge >= 0.3 is 0 Å². The van der Waals surface area contributed by atoms with Crippen LogP contribution in [-0.4, -0.2) is 16.1 Å². The van der Waals surface area contributed by atoms with Crippen LogP contribution in [0.4, 0.5) is 5.82 Å². The van der Waals surface area contributed by atoms with Crippen molar-refractivity contribution >= 4 is 11.7 Å². The number of hydrogen-bond donors (Lipinski definition) is 2. The molecule has 0 bridgehead atoms. The maximum atomic E-state index is 12.3. The molecular weight excluding hydrogens is 214 g/mol. The summed E-state index contributed by atoms with van der Waals surface area (Å²) in [6.45, 7) is 4.16. The molecule has 0 aliphatic heterocycles. The van der Waals surface area contributed by atoms with Gasteiger partial charge in [-0.1, -0.05) is 26.7 Å². The van der Waals surface area contributed by atoms with Gasteiger partial charge in [0.2, 0.25) is 5.91 Å². The van der Waals surface area contributed by atoms with Crippen LogP contribution in [0, 0.1) is 5.41 Å². The van der Waals surface area contributed by atoms with Crippen molar-refractivity contribution in [3.8, 4) is 0 Å². The number of rotatable bonds is 4. The Bertz CT molecular complexity index is 391. The third kappa shape index (κ3) is 2.35. The molecule has 0 saturated heterocycles. The predicted molar refractivity (Wildman–Crippen MR) is 67.8 cm³/mol. The van der Waals surface area contributed by atoms with Gasteiger partial charge in [-0.05, 0) is 25.7 Å². The molecular formula is C13H21N3O. The lowest BCUT2D eigenvalue weighted by molar-refractivity contribution is -0.125. The Labute approximate surface area is 102 Å². The van der Waals surface area contributed by atoms with E-state index >= 15 is 0 Å². The molecule has 1 aliphatic carbocycles. The number of nitrogens with one attached hydrogen (secondary N) is 2. The predicted octanol–water partition coefficient (Wildman–Crippen LogP) is 2.88. The first-order valence-corrected chi connectivity index (χ1v) is 6.56. The van der Waals surface area contributed by atoms with Gasteiger partial charge in [-0.15, -0.1) is 0 Å². The van der Waals surface area contributed by atoms with Crippen LogP contribution in [0.3, 0.4) is 0 Å². The highest BCUT2D eigenvalue weighted by molar-refractivity contribution is 5.94. The summed E-state index contributed by atoms with van der Waals surface area (Å²) in [4.78, 5) is 12.3. The normalized spacial score (nSPS) is 18.2. The minimum absolute atomic E-state index is 0.145. The summed E-state index contributed by atoms with van der Waals surface area (Å²) in [6, 6.07) is 1.91. The van der Waals surface area contributed by atoms with Gasteiger partial charge in [0.05, 0.1) is 0 Å². The van der Waals surface area contributed by atoms with Gasteiger partial charge in [0.1, 0.15) is 0 Å². The van der Waals surface area contributed by atoms with E-state index in [4.69, 9.17) is 0 Å². The summed E-state index contributed by atoms with van der Waals surface area (Å²) in [6.07, 6.45) is 6.19. The number of aromatic amines is 1. The van der Waals surface area contributed by atoms with Crippen LogP contribution in [0.2, 0.25) is 0 Å². The number of aryl methyl sites for hydroxylation is 1. The van der Waals surface area contributed by atoms with Crippen LogP contribution in [0.15, 0.2) is 6.07 Å². The minimum Gasteiger partial charge on any atom is -0.309 e. The van der Waals surface area contributed by atoms with Crippen molar-refractivity contribution in [3.63, 3.8) is 0 Å². The number of carbonyl (C=O) groups excluding carboxylic acids is 1. The quantitative estimate of drug-likeness (QED) is 0.843. The fourth-order valence-corrected chi connectivity index (χ4v) is 2.65. The molecule has 0 radical (unpaired) electrons. The third-order valence-electron chi connectivity index (χ3n) is 3.97. The van der Waals surface area contributed by atoms with E-state index in [-0.39, 0.29) is 11.3 Å². The Morgan fingerprint density at radius 2 is 2.18 bits per heavy atom. The molecule has 0 atom stereocenters. The van der Waals surface area contributed by atoms with E-state index in [2.05, 4.69) is 29.4 Å². The summed E-state index contributed by atoms with van der Waals surface area (Å²) in [5.41, 5.74) is 0.906. The monoisotopic (exact) mass is 235 g/mol. The van der Waals surface area contributed by atoms with Gasteiger partial charge < -0.3 is 5.32 Å². The lowest BCUT2D eigenvalue weighted by atomic mass is 9.82. The molecule has 4 heteroatoms. The first kappa shape index (κ1) is 12.1. The zero-order valence-corrected chi connectivity index (χ0v) is 10.7. The molecule has 1 amide bonds. The lowest BCUT2D eigenvalue weighted by Crippen LogP contribution is -2.33. The zero-order valence-electron chi connectivity index (χ0n) is 10.7. The maximum Gasteiger partial charge on any atom is 0.231 e. The average molecular weight is 235 g/mol. The fourth-order valence-electron chi connectivity index (χ4n) is 2.65. The summed E-state index contributed by atoms with van der Waals surface area (Å²) in [5, 5.41) is 9.97. The molecule has 4 nitrogen and oxygen atoms in total. The Morgan fingerprint density at radius 1 is 1.47 bits per heavy atom. The lowest BCUT2D eigenvalue weighted by Gasteiger charge is -2.25. The summed E-state index contributed by atoms with van der Waals surface area (Å²) >= 11 is 0. The molecule has 0 aromatic carbocycles. The van der Waals surface area contributed by atoms with Crippen molar-refractivity contribution in [1.82, 2.24) is 10.2 Å². The van der Waals surface area contributed by atoms with Gasteiger partial charge in [0.15, 0.2) is 5.82 Å². The zero-order chi connectivity index (χ0) is 12.3. The molecule has 1 aliphatic rings. The Morgan fingerprint density at radius 3 is 2.71 bits per heavy atom. The fraction of sp³-hybridized carbons (Fsp3) is 0.692. The average Bonchev–Trinajstić information content (AvgIpc) is 2.97. The maximum absolute atomic E-state index is 12.3. The van der Waals surface area contributed by atoms with Gasteiger partial charge in [0, 0.05) is 17.2 Å². The number of amides is 1. The highest BCUT2D eigenvalue weighted by atomic mass is 16.2. The van der Waals surface area contributed by atoms with Crippen molar-refractivity contribution < 1.29 is 4.79 Å². The summed E-state index contributed by atoms with van der Waals surface area (Å²) < 4.78 is 0. The van der Waals surface area contributed by atoms with Crippen molar-refractivity contribution in [2.24, 2.45) is 5.41 Å². The van der Waals surface area contributed by atoms with Crippen LogP contribution in [0.5, 0.6) is 0 Å². The van der Waals surface area contributed by atoms with E-state index in [1.165, 1.54) is 12.8 Å². The van der Waals surface area contributed by atoms with E-state index in [0.29, 0.717) is 5.82 Å². The number of aromatic nitrogens is 2. The second kappa shape index (κ2) is 4.90. The Hall–Kier alpha value is -1.32. The second-order valence-corrected chi connectivity index (χ2v) is 4.93. The van der Waals surface area contributed by atoms with E-state index in [1.54, 1.807) is 0 Å². The molecule has 0 spiro atoms. The number of anilines is 1. The largest absolute Gasteiger partial charge is 0.309 e. The van der Waals surface area contributed by atoms with Gasteiger partial charge in [-0.2, -0.15) is 5.10 Å². The Kier molecular flexibility index (Phi) is 3.50. The molecule has 1 aromatic rings. The van der Waals surface area contributed by atoms with Crippen molar-refractivity contribution in [3.05, 3.63) is 11.8 Å². The van der Waals surface area contributed by atoms with Crippen LogP contribution in [-0.2, 0) is 11.2 Å². The first-order chi connectivity index (χ1) is 8.20. The SMILES string of the molecule is CCc1cc(NC(=O)C2(CC)CCCC2)n[nH]1. The summed E-state index contributed by atoms with van der Waals surface area (Å²) in [7, 11) is 0. The molecule has 17 heavy (non-hydrogen) atoms. The van der Waals surface area contributed by atoms with Gasteiger partial charge in [-0.25, -0.2) is 0 Å². The number of carbonyl (C=O) groups is 1. The highest BCUT2D eigenvalue weighted by Crippen LogP contribution is 2.41. The smallest absolute Gasteiger partial charge is 0.231 e. The van der Waals surface area contributed by atoms with Gasteiger partial charge in [0.25, 0.3) is 0 Å². The third-order valence-corrected chi connectivity index (χ3v) is 3.97. The van der Waals surface area contributed by atoms with Gasteiger partial charge in [-0.3, -0.25) is 9.89 Å². The second-order valence-electron chi connectivity index (χ2n) is 4.93. The van der Waals surface area contributed by atoms with Crippen LogP contribution < -0.4 is 5.32 Å². The van der Waals surface area contributed by atoms with Crippen LogP contribution >= 0.6 is 0 Å². The Balaban J connectivity index is 2.05. The molecule has 1 heterocycles. The standard InChI is InChI=1S/C13H21N3O/c1-3-10-9-11(16-15-10)14-12(17)13(4-2)7-5-6-8-13/h9H,3-8H2,1-2H3,(H2,14,15,16,17). The van der Waals surface area contributed by atoms with Crippen molar-refractivity contribution in [2.45, 2.75) is 52.4 Å². The molecule has 2 N–H and O–H groups in total. The molecule has 1 fully saturated rings. The number of hydrogen-bond acceptors (Lipinski definition) is 2. The summed E-state index contributed by atoms with van der Waals surface area (Å²) in [5.74, 6) is 0.804. The van der Waals surface area contributed by atoms with Crippen LogP contribution in [0.25, 0.3) is 0 Å². The van der Waals surface area contributed by atoms with Crippen molar-refractivity contribution in [2.75, 3.05) is 5.32 Å². The van der Waals surface area contributed by atoms with Crippen LogP contribution in [0.1, 0.15) is 51.6 Å². The number of H-pyrrole nitrogens is 1. The molecule has 1 saturated carbocycles. The highest BCUT2D eigenvalue weighted by Gasteiger charge is 2.39. The topological polar surface area (TPSA) is 57.8 Å². The molecule has 1 aromatic heterocycles. The number of nitrogens with zero attached hydrogens (tertiary/aromatic N) is 1. The van der Waals surface area contributed by atoms with E-state index in [1.807, 2.05) is 6.07 Å².